The van der Waals surface area contributed by atoms with Crippen molar-refractivity contribution in [3.05, 3.63) is 47.3 Å². The smallest absolute Gasteiger partial charge is 0.280 e. The van der Waals surface area contributed by atoms with Crippen molar-refractivity contribution in [1.29, 1.82) is 0 Å². The van der Waals surface area contributed by atoms with Gasteiger partial charge in [0.25, 0.3) is 10.2 Å². The Morgan fingerprint density at radius 3 is 2.50 bits per heavy atom. The number of amides is 1. The van der Waals surface area contributed by atoms with E-state index in [9.17, 15) is 18.3 Å². The summed E-state index contributed by atoms with van der Waals surface area (Å²) in [7, 11) is -0.669. The second-order valence-corrected chi connectivity index (χ2v) is 8.84. The molecule has 152 valence electrons. The number of likely N-dealkylation sites (N-methyl/N-ethyl adjacent to an activating group) is 1. The molecule has 0 spiro atoms. The van der Waals surface area contributed by atoms with Crippen LogP contribution in [0.15, 0.2) is 30.5 Å². The average Bonchev–Trinajstić information content (AvgIpc) is 2.95. The number of carbonyl (C=O) groups is 1. The van der Waals surface area contributed by atoms with Gasteiger partial charge in [-0.1, -0.05) is 12.1 Å². The van der Waals surface area contributed by atoms with E-state index in [4.69, 9.17) is 0 Å². The first kappa shape index (κ1) is 20.5. The van der Waals surface area contributed by atoms with E-state index in [2.05, 4.69) is 15.1 Å². The summed E-state index contributed by atoms with van der Waals surface area (Å²) >= 11 is 0. The molecule has 1 amide bonds. The Labute approximate surface area is 164 Å². The maximum atomic E-state index is 12.8. The second kappa shape index (κ2) is 7.63. The summed E-state index contributed by atoms with van der Waals surface area (Å²) in [5.74, 6) is -0.413. The maximum absolute atomic E-state index is 12.8. The van der Waals surface area contributed by atoms with E-state index in [1.54, 1.807) is 56.0 Å². The Morgan fingerprint density at radius 2 is 1.96 bits per heavy atom. The minimum Gasteiger partial charge on any atom is -0.389 e. The van der Waals surface area contributed by atoms with Crippen molar-refractivity contribution in [3.63, 3.8) is 0 Å². The monoisotopic (exact) mass is 407 g/mol. The van der Waals surface area contributed by atoms with E-state index in [1.165, 1.54) is 7.05 Å². The normalized spacial score (nSPS) is 23.3. The molecule has 0 unspecified atom stereocenters. The third kappa shape index (κ3) is 4.09. The molecule has 0 radical (unpaired) electrons. The molecule has 1 aromatic carbocycles. The lowest BCUT2D eigenvalue weighted by molar-refractivity contribution is -0.120. The van der Waals surface area contributed by atoms with Crippen LogP contribution in [0.4, 0.5) is 5.69 Å². The minimum absolute atomic E-state index is 0.278. The molecule has 3 rings (SSSR count). The Balaban J connectivity index is 1.82. The van der Waals surface area contributed by atoms with Crippen molar-refractivity contribution in [3.8, 4) is 0 Å². The first-order valence-corrected chi connectivity index (χ1v) is 10.4. The SMILES string of the molecule is Cc1nn(C)cc1[C@@H]1C[C@H](C(=O)Nc2ccc([C@@H](C)O)cc2)N(C)S(=O)(=O)N1. The van der Waals surface area contributed by atoms with Gasteiger partial charge in [0.2, 0.25) is 5.91 Å². The fourth-order valence-electron chi connectivity index (χ4n) is 3.34. The van der Waals surface area contributed by atoms with Gasteiger partial charge in [0, 0.05) is 31.5 Å². The Morgan fingerprint density at radius 1 is 1.32 bits per heavy atom. The number of aliphatic hydroxyl groups is 1. The van der Waals surface area contributed by atoms with Crippen molar-refractivity contribution in [2.45, 2.75) is 38.5 Å². The Hall–Kier alpha value is -2.27. The standard InChI is InChI=1S/C18H25N5O4S/c1-11-15(10-22(3)20-11)16-9-17(23(4)28(26,27)21-16)18(25)19-14-7-5-13(6-8-14)12(2)24/h5-8,10,12,16-17,21,24H,9H2,1-4H3,(H,19,25)/t12-,16+,17-/m1/s1. The molecular formula is C18H25N5O4S. The molecule has 0 aliphatic carbocycles. The number of hydrogen-bond donors (Lipinski definition) is 3. The zero-order valence-corrected chi connectivity index (χ0v) is 17.1. The summed E-state index contributed by atoms with van der Waals surface area (Å²) in [6.07, 6.45) is 1.44. The predicted molar refractivity (Wildman–Crippen MR) is 105 cm³/mol. The quantitative estimate of drug-likeness (QED) is 0.699. The number of rotatable bonds is 4. The van der Waals surface area contributed by atoms with Gasteiger partial charge >= 0.3 is 0 Å². The van der Waals surface area contributed by atoms with Crippen LogP contribution in [-0.4, -0.2) is 46.6 Å². The van der Waals surface area contributed by atoms with Gasteiger partial charge in [-0.15, -0.1) is 0 Å². The molecule has 3 N–H and O–H groups in total. The minimum atomic E-state index is -3.82. The molecule has 28 heavy (non-hydrogen) atoms. The van der Waals surface area contributed by atoms with Crippen LogP contribution in [0.3, 0.4) is 0 Å². The second-order valence-electron chi connectivity index (χ2n) is 7.07. The summed E-state index contributed by atoms with van der Waals surface area (Å²) in [5, 5.41) is 16.6. The number of aryl methyl sites for hydroxylation is 2. The van der Waals surface area contributed by atoms with Gasteiger partial charge in [-0.05, 0) is 38.0 Å². The molecule has 2 heterocycles. The molecule has 1 saturated heterocycles. The number of carbonyl (C=O) groups excluding carboxylic acids is 1. The highest BCUT2D eigenvalue weighted by molar-refractivity contribution is 7.87. The fraction of sp³-hybridized carbons (Fsp3) is 0.444. The molecule has 9 nitrogen and oxygen atoms in total. The lowest BCUT2D eigenvalue weighted by atomic mass is 10.00. The van der Waals surface area contributed by atoms with Crippen LogP contribution in [0.1, 0.15) is 42.3 Å². The van der Waals surface area contributed by atoms with Crippen LogP contribution in [0.25, 0.3) is 0 Å². The molecular weight excluding hydrogens is 382 g/mol. The van der Waals surface area contributed by atoms with Gasteiger partial charge in [0.1, 0.15) is 6.04 Å². The van der Waals surface area contributed by atoms with Crippen LogP contribution < -0.4 is 10.0 Å². The molecule has 3 atom stereocenters. The predicted octanol–water partition coefficient (Wildman–Crippen LogP) is 1.00. The number of benzene rings is 1. The van der Waals surface area contributed by atoms with Crippen LogP contribution >= 0.6 is 0 Å². The largest absolute Gasteiger partial charge is 0.389 e. The van der Waals surface area contributed by atoms with Gasteiger partial charge < -0.3 is 10.4 Å². The van der Waals surface area contributed by atoms with Gasteiger partial charge in [-0.2, -0.15) is 22.5 Å². The molecule has 2 aromatic rings. The van der Waals surface area contributed by atoms with Crippen LogP contribution in [0, 0.1) is 6.92 Å². The van der Waals surface area contributed by atoms with Crippen molar-refractivity contribution in [2.75, 3.05) is 12.4 Å². The van der Waals surface area contributed by atoms with Gasteiger partial charge in [0.15, 0.2) is 0 Å². The zero-order chi connectivity index (χ0) is 20.6. The lowest BCUT2D eigenvalue weighted by Gasteiger charge is -2.36. The maximum Gasteiger partial charge on any atom is 0.280 e. The van der Waals surface area contributed by atoms with E-state index >= 15 is 0 Å². The number of aliphatic hydroxyl groups excluding tert-OH is 1. The third-order valence-electron chi connectivity index (χ3n) is 4.96. The first-order chi connectivity index (χ1) is 13.1. The molecule has 1 fully saturated rings. The zero-order valence-electron chi connectivity index (χ0n) is 16.2. The summed E-state index contributed by atoms with van der Waals surface area (Å²) in [4.78, 5) is 12.8. The van der Waals surface area contributed by atoms with E-state index < -0.39 is 34.3 Å². The van der Waals surface area contributed by atoms with Gasteiger partial charge in [-0.25, -0.2) is 0 Å². The Kier molecular flexibility index (Phi) is 5.57. The summed E-state index contributed by atoms with van der Waals surface area (Å²) in [5.41, 5.74) is 2.73. The fourth-order valence-corrected chi connectivity index (χ4v) is 4.61. The van der Waals surface area contributed by atoms with E-state index in [0.717, 1.165) is 15.4 Å². The topological polar surface area (TPSA) is 117 Å². The van der Waals surface area contributed by atoms with Crippen molar-refractivity contribution in [1.82, 2.24) is 18.8 Å². The highest BCUT2D eigenvalue weighted by Gasteiger charge is 2.41. The van der Waals surface area contributed by atoms with Crippen LogP contribution in [-0.2, 0) is 22.1 Å². The van der Waals surface area contributed by atoms with Crippen molar-refractivity contribution < 1.29 is 18.3 Å². The molecule has 0 saturated carbocycles. The number of anilines is 1. The number of aromatic nitrogens is 2. The van der Waals surface area contributed by atoms with Crippen LogP contribution in [0.2, 0.25) is 0 Å². The molecule has 1 aliphatic heterocycles. The van der Waals surface area contributed by atoms with Gasteiger partial charge in [0.05, 0.1) is 17.8 Å². The molecule has 1 aliphatic rings. The van der Waals surface area contributed by atoms with E-state index in [-0.39, 0.29) is 6.42 Å². The molecule has 0 bridgehead atoms. The average molecular weight is 407 g/mol. The number of hydrogen-bond acceptors (Lipinski definition) is 5. The molecule has 1 aromatic heterocycles. The lowest BCUT2D eigenvalue weighted by Crippen LogP contribution is -2.56. The summed E-state index contributed by atoms with van der Waals surface area (Å²) < 4.78 is 30.4. The summed E-state index contributed by atoms with van der Waals surface area (Å²) in [6, 6.07) is 5.38. The van der Waals surface area contributed by atoms with E-state index in [0.29, 0.717) is 11.4 Å². The van der Waals surface area contributed by atoms with Crippen LogP contribution in [0.5, 0.6) is 0 Å². The van der Waals surface area contributed by atoms with Crippen molar-refractivity contribution in [2.24, 2.45) is 7.05 Å². The Bertz CT molecular complexity index is 968. The number of nitrogens with zero attached hydrogens (tertiary/aromatic N) is 3. The van der Waals surface area contributed by atoms with Gasteiger partial charge in [-0.3, -0.25) is 9.48 Å². The van der Waals surface area contributed by atoms with Crippen molar-refractivity contribution >= 4 is 21.8 Å². The summed E-state index contributed by atoms with van der Waals surface area (Å²) in [6.45, 7) is 3.46. The first-order valence-electron chi connectivity index (χ1n) is 8.93. The number of nitrogens with one attached hydrogen (secondary N) is 2. The third-order valence-corrected chi connectivity index (χ3v) is 6.55. The highest BCUT2D eigenvalue weighted by atomic mass is 32.2. The van der Waals surface area contributed by atoms with E-state index in [1.807, 2.05) is 0 Å². The molecule has 10 heteroatoms. The highest BCUT2D eigenvalue weighted by Crippen LogP contribution is 2.30.